The van der Waals surface area contributed by atoms with Gasteiger partial charge in [-0.3, -0.25) is 9.69 Å². The molecule has 1 fully saturated rings. The number of aromatic nitrogens is 2. The zero-order chi connectivity index (χ0) is 20.3. The molecule has 0 spiro atoms. The number of benzene rings is 1. The van der Waals surface area contributed by atoms with E-state index < -0.39 is 11.7 Å². The average molecular weight is 396 g/mol. The summed E-state index contributed by atoms with van der Waals surface area (Å²) in [4.78, 5) is 20.6. The van der Waals surface area contributed by atoms with Crippen molar-refractivity contribution in [3.05, 3.63) is 47.1 Å². The Balaban J connectivity index is 1.55. The minimum Gasteiger partial charge on any atom is -0.338 e. The molecule has 28 heavy (non-hydrogen) atoms. The van der Waals surface area contributed by atoms with Crippen LogP contribution in [0.4, 0.5) is 13.2 Å². The molecule has 2 heterocycles. The Morgan fingerprint density at radius 3 is 2.57 bits per heavy atom. The molecule has 1 amide bonds. The SMILES string of the molecule is CC(C)Cc1noc(CN2CCN(C(=O)c3cccc(C(F)(F)F)c3)CC2)n1. The van der Waals surface area contributed by atoms with Crippen molar-refractivity contribution in [1.29, 1.82) is 0 Å². The summed E-state index contributed by atoms with van der Waals surface area (Å²) in [5, 5.41) is 3.96. The molecule has 0 atom stereocenters. The van der Waals surface area contributed by atoms with Crippen molar-refractivity contribution in [3.63, 3.8) is 0 Å². The van der Waals surface area contributed by atoms with Crippen LogP contribution in [0.5, 0.6) is 0 Å². The topological polar surface area (TPSA) is 62.5 Å². The summed E-state index contributed by atoms with van der Waals surface area (Å²) in [6, 6.07) is 4.55. The van der Waals surface area contributed by atoms with Gasteiger partial charge in [-0.1, -0.05) is 25.1 Å². The lowest BCUT2D eigenvalue weighted by molar-refractivity contribution is -0.137. The Kier molecular flexibility index (Phi) is 6.02. The van der Waals surface area contributed by atoms with E-state index in [9.17, 15) is 18.0 Å². The number of carbonyl (C=O) groups excluding carboxylic acids is 1. The van der Waals surface area contributed by atoms with Gasteiger partial charge in [0.25, 0.3) is 5.91 Å². The van der Waals surface area contributed by atoms with Crippen LogP contribution >= 0.6 is 0 Å². The van der Waals surface area contributed by atoms with Crippen LogP contribution in [-0.2, 0) is 19.1 Å². The maximum atomic E-state index is 12.9. The molecule has 3 rings (SSSR count). The van der Waals surface area contributed by atoms with E-state index in [-0.39, 0.29) is 11.5 Å². The van der Waals surface area contributed by atoms with E-state index in [1.807, 2.05) is 0 Å². The zero-order valence-electron chi connectivity index (χ0n) is 15.9. The van der Waals surface area contributed by atoms with Gasteiger partial charge < -0.3 is 9.42 Å². The number of alkyl halides is 3. The van der Waals surface area contributed by atoms with Crippen LogP contribution in [0.15, 0.2) is 28.8 Å². The van der Waals surface area contributed by atoms with Crippen molar-refractivity contribution in [1.82, 2.24) is 19.9 Å². The van der Waals surface area contributed by atoms with Crippen molar-refractivity contribution < 1.29 is 22.5 Å². The Morgan fingerprint density at radius 1 is 1.21 bits per heavy atom. The predicted molar refractivity (Wildman–Crippen MR) is 95.5 cm³/mol. The number of carbonyl (C=O) groups is 1. The lowest BCUT2D eigenvalue weighted by atomic mass is 10.1. The van der Waals surface area contributed by atoms with Gasteiger partial charge >= 0.3 is 6.18 Å². The Labute approximate surface area is 161 Å². The molecule has 0 bridgehead atoms. The van der Waals surface area contributed by atoms with Gasteiger partial charge in [0.05, 0.1) is 12.1 Å². The van der Waals surface area contributed by atoms with Gasteiger partial charge in [0.1, 0.15) is 0 Å². The Morgan fingerprint density at radius 2 is 1.93 bits per heavy atom. The molecule has 1 aromatic carbocycles. The highest BCUT2D eigenvalue weighted by atomic mass is 19.4. The maximum absolute atomic E-state index is 12.9. The van der Waals surface area contributed by atoms with E-state index in [0.29, 0.717) is 50.4 Å². The molecule has 0 N–H and O–H groups in total. The molecule has 0 unspecified atom stereocenters. The van der Waals surface area contributed by atoms with Gasteiger partial charge in [-0.25, -0.2) is 0 Å². The highest BCUT2D eigenvalue weighted by Gasteiger charge is 2.31. The first-order chi connectivity index (χ1) is 13.2. The minimum absolute atomic E-state index is 0.0542. The number of nitrogens with zero attached hydrogens (tertiary/aromatic N) is 4. The molecule has 9 heteroatoms. The third-order valence-corrected chi connectivity index (χ3v) is 4.56. The standard InChI is InChI=1S/C19H23F3N4O2/c1-13(2)10-16-23-17(28-24-16)12-25-6-8-26(9-7-25)18(27)14-4-3-5-15(11-14)19(20,21)22/h3-5,11,13H,6-10,12H2,1-2H3. The fraction of sp³-hybridized carbons (Fsp3) is 0.526. The van der Waals surface area contributed by atoms with Crippen LogP contribution in [-0.4, -0.2) is 52.0 Å². The third kappa shape index (κ3) is 5.09. The Hall–Kier alpha value is -2.42. The van der Waals surface area contributed by atoms with Gasteiger partial charge in [0.2, 0.25) is 5.89 Å². The van der Waals surface area contributed by atoms with E-state index in [1.165, 1.54) is 12.1 Å². The first kappa shape index (κ1) is 20.3. The normalized spacial score (nSPS) is 16.0. The third-order valence-electron chi connectivity index (χ3n) is 4.56. The molecule has 1 aliphatic heterocycles. The van der Waals surface area contributed by atoms with E-state index in [0.717, 1.165) is 18.6 Å². The number of hydrogen-bond acceptors (Lipinski definition) is 5. The van der Waals surface area contributed by atoms with Crippen molar-refractivity contribution in [2.45, 2.75) is 33.0 Å². The molecule has 6 nitrogen and oxygen atoms in total. The van der Waals surface area contributed by atoms with Gasteiger partial charge in [0.15, 0.2) is 5.82 Å². The average Bonchev–Trinajstić information content (AvgIpc) is 3.07. The highest BCUT2D eigenvalue weighted by molar-refractivity contribution is 5.94. The number of halogens is 3. The van der Waals surface area contributed by atoms with Crippen molar-refractivity contribution in [3.8, 4) is 0 Å². The van der Waals surface area contributed by atoms with Crippen LogP contribution in [0.25, 0.3) is 0 Å². The molecule has 152 valence electrons. The van der Waals surface area contributed by atoms with Crippen LogP contribution in [0.3, 0.4) is 0 Å². The van der Waals surface area contributed by atoms with E-state index in [4.69, 9.17) is 4.52 Å². The summed E-state index contributed by atoms with van der Waals surface area (Å²) in [7, 11) is 0. The lowest BCUT2D eigenvalue weighted by Crippen LogP contribution is -2.48. The number of piperazine rings is 1. The molecule has 0 aliphatic carbocycles. The maximum Gasteiger partial charge on any atom is 0.416 e. The molecule has 1 aliphatic rings. The summed E-state index contributed by atoms with van der Waals surface area (Å²) >= 11 is 0. The summed E-state index contributed by atoms with van der Waals surface area (Å²) in [5.41, 5.74) is -0.760. The van der Waals surface area contributed by atoms with E-state index in [2.05, 4.69) is 28.9 Å². The number of amides is 1. The fourth-order valence-corrected chi connectivity index (χ4v) is 3.11. The number of hydrogen-bond donors (Lipinski definition) is 0. The van der Waals surface area contributed by atoms with Crippen molar-refractivity contribution in [2.24, 2.45) is 5.92 Å². The minimum atomic E-state index is -4.46. The summed E-state index contributed by atoms with van der Waals surface area (Å²) < 4.78 is 43.8. The second-order valence-corrected chi connectivity index (χ2v) is 7.35. The number of rotatable bonds is 5. The van der Waals surface area contributed by atoms with Gasteiger partial charge in [-0.2, -0.15) is 18.2 Å². The predicted octanol–water partition coefficient (Wildman–Crippen LogP) is 3.24. The molecule has 1 saturated heterocycles. The zero-order valence-corrected chi connectivity index (χ0v) is 15.9. The molecule has 1 aromatic heterocycles. The molecule has 2 aromatic rings. The van der Waals surface area contributed by atoms with Crippen LogP contribution in [0, 0.1) is 5.92 Å². The first-order valence-corrected chi connectivity index (χ1v) is 9.22. The second kappa shape index (κ2) is 8.30. The summed E-state index contributed by atoms with van der Waals surface area (Å²) in [5.74, 6) is 1.27. The van der Waals surface area contributed by atoms with Gasteiger partial charge in [0, 0.05) is 38.2 Å². The molecular weight excluding hydrogens is 373 g/mol. The second-order valence-electron chi connectivity index (χ2n) is 7.35. The lowest BCUT2D eigenvalue weighted by Gasteiger charge is -2.34. The Bertz CT molecular complexity index is 812. The molecular formula is C19H23F3N4O2. The monoisotopic (exact) mass is 396 g/mol. The van der Waals surface area contributed by atoms with Gasteiger partial charge in [-0.15, -0.1) is 0 Å². The van der Waals surface area contributed by atoms with E-state index >= 15 is 0 Å². The van der Waals surface area contributed by atoms with Crippen molar-refractivity contribution in [2.75, 3.05) is 26.2 Å². The van der Waals surface area contributed by atoms with Crippen LogP contribution in [0.2, 0.25) is 0 Å². The molecule has 0 radical (unpaired) electrons. The first-order valence-electron chi connectivity index (χ1n) is 9.22. The highest BCUT2D eigenvalue weighted by Crippen LogP contribution is 2.29. The largest absolute Gasteiger partial charge is 0.416 e. The van der Waals surface area contributed by atoms with Gasteiger partial charge in [-0.05, 0) is 24.1 Å². The smallest absolute Gasteiger partial charge is 0.338 e. The molecule has 0 saturated carbocycles. The van der Waals surface area contributed by atoms with Crippen molar-refractivity contribution >= 4 is 5.91 Å². The van der Waals surface area contributed by atoms with Crippen LogP contribution in [0.1, 0.15) is 41.5 Å². The van der Waals surface area contributed by atoms with Crippen LogP contribution < -0.4 is 0 Å². The summed E-state index contributed by atoms with van der Waals surface area (Å²) in [6.07, 6.45) is -3.71. The summed E-state index contributed by atoms with van der Waals surface area (Å²) in [6.45, 7) is 6.70. The fourth-order valence-electron chi connectivity index (χ4n) is 3.11. The van der Waals surface area contributed by atoms with E-state index in [1.54, 1.807) is 4.90 Å². The quantitative estimate of drug-likeness (QED) is 0.777.